The van der Waals surface area contributed by atoms with Crippen molar-refractivity contribution in [3.63, 3.8) is 0 Å². The maximum Gasteiger partial charge on any atom is 0.264 e. The van der Waals surface area contributed by atoms with Crippen LogP contribution in [0.4, 0.5) is 20.4 Å². The second-order valence-electron chi connectivity index (χ2n) is 7.47. The molecule has 0 fully saturated rings. The lowest BCUT2D eigenvalue weighted by atomic mass is 10.1. The summed E-state index contributed by atoms with van der Waals surface area (Å²) in [6.07, 6.45) is 1.27. The molecule has 0 radical (unpaired) electrons. The van der Waals surface area contributed by atoms with Gasteiger partial charge in [0.1, 0.15) is 29.3 Å². The molecule has 0 aliphatic carbocycles. The van der Waals surface area contributed by atoms with Gasteiger partial charge in [0.15, 0.2) is 5.82 Å². The number of halogens is 2. The van der Waals surface area contributed by atoms with E-state index in [0.717, 1.165) is 12.1 Å². The van der Waals surface area contributed by atoms with E-state index in [1.165, 1.54) is 27.8 Å². The van der Waals surface area contributed by atoms with Crippen LogP contribution in [0.15, 0.2) is 41.5 Å². The molecule has 34 heavy (non-hydrogen) atoms. The summed E-state index contributed by atoms with van der Waals surface area (Å²) in [6.45, 7) is 1.76. The fraction of sp³-hybridized carbons (Fsp3) is 0.150. The molecule has 1 atom stereocenters. The number of rotatable bonds is 5. The second kappa shape index (κ2) is 7.99. The highest BCUT2D eigenvalue weighted by atomic mass is 19.1. The smallest absolute Gasteiger partial charge is 0.264 e. The molecule has 12 nitrogen and oxygen atoms in total. The molecular weight excluding hydrogens is 448 g/mol. The van der Waals surface area contributed by atoms with Crippen molar-refractivity contribution in [2.24, 2.45) is 7.05 Å². The summed E-state index contributed by atoms with van der Waals surface area (Å²) < 4.78 is 28.8. The second-order valence-corrected chi connectivity index (χ2v) is 7.47. The first-order chi connectivity index (χ1) is 16.3. The minimum Gasteiger partial charge on any atom is -0.383 e. The Hall–Kier alpha value is -4.75. The first-order valence-electron chi connectivity index (χ1n) is 9.99. The van der Waals surface area contributed by atoms with Gasteiger partial charge in [0.2, 0.25) is 11.8 Å². The quantitative estimate of drug-likeness (QED) is 0.351. The molecule has 4 heterocycles. The number of fused-ring (bicyclic) bond motifs is 1. The van der Waals surface area contributed by atoms with Gasteiger partial charge >= 0.3 is 0 Å². The van der Waals surface area contributed by atoms with E-state index in [1.54, 1.807) is 20.0 Å². The number of nitrogen functional groups attached to an aromatic ring is 1. The van der Waals surface area contributed by atoms with Crippen LogP contribution in [-0.2, 0) is 7.05 Å². The van der Waals surface area contributed by atoms with Crippen LogP contribution >= 0.6 is 0 Å². The summed E-state index contributed by atoms with van der Waals surface area (Å²) in [5.41, 5.74) is 6.23. The third kappa shape index (κ3) is 3.60. The number of pyridine rings is 1. The van der Waals surface area contributed by atoms with E-state index < -0.39 is 23.4 Å². The molecule has 0 aliphatic rings. The Morgan fingerprint density at radius 3 is 2.71 bits per heavy atom. The Kier molecular flexibility index (Phi) is 4.96. The molecule has 172 valence electrons. The van der Waals surface area contributed by atoms with Crippen molar-refractivity contribution in [1.82, 2.24) is 44.9 Å². The summed E-state index contributed by atoms with van der Waals surface area (Å²) in [5.74, 6) is -0.669. The Morgan fingerprint density at radius 1 is 1.18 bits per heavy atom. The van der Waals surface area contributed by atoms with Crippen molar-refractivity contribution in [2.45, 2.75) is 13.0 Å². The zero-order chi connectivity index (χ0) is 24.0. The molecule has 4 N–H and O–H groups in total. The molecule has 0 amide bonds. The van der Waals surface area contributed by atoms with Gasteiger partial charge in [-0.2, -0.15) is 14.3 Å². The highest BCUT2D eigenvalue weighted by Gasteiger charge is 2.22. The molecule has 0 saturated heterocycles. The average Bonchev–Trinajstić information content (AvgIpc) is 3.42. The first-order valence-corrected chi connectivity index (χ1v) is 9.99. The Morgan fingerprint density at radius 2 is 2.00 bits per heavy atom. The number of hydrogen-bond donors (Lipinski definition) is 3. The number of aromatic amines is 1. The van der Waals surface area contributed by atoms with Gasteiger partial charge in [0.25, 0.3) is 5.56 Å². The zero-order valence-electron chi connectivity index (χ0n) is 17.9. The van der Waals surface area contributed by atoms with Crippen molar-refractivity contribution in [1.29, 1.82) is 0 Å². The highest BCUT2D eigenvalue weighted by Crippen LogP contribution is 2.31. The summed E-state index contributed by atoms with van der Waals surface area (Å²) in [6, 6.07) is 6.04. The van der Waals surface area contributed by atoms with E-state index >= 15 is 0 Å². The number of H-pyrrole nitrogens is 1. The van der Waals surface area contributed by atoms with Crippen molar-refractivity contribution >= 4 is 22.4 Å². The standard InChI is InChI=1S/C20H17F2N11O/c1-9(26-18-16(17(23)24-8-25-18)19-29-31-32(2)30-19)13-5-10-3-4-11(21)6-12(10)20(34)33(13)15-7-14(22)27-28-15/h3-9H,1-2H3,(H,27,28)(H3,23,24,25,26)/t9-/m0/s1. The van der Waals surface area contributed by atoms with E-state index in [0.29, 0.717) is 22.5 Å². The number of anilines is 2. The van der Waals surface area contributed by atoms with E-state index in [9.17, 15) is 13.6 Å². The normalized spacial score (nSPS) is 12.2. The summed E-state index contributed by atoms with van der Waals surface area (Å²) in [7, 11) is 1.60. The Labute approximate surface area is 189 Å². The van der Waals surface area contributed by atoms with Gasteiger partial charge in [-0.05, 0) is 35.7 Å². The fourth-order valence-corrected chi connectivity index (χ4v) is 3.65. The molecule has 0 saturated carbocycles. The van der Waals surface area contributed by atoms with Crippen LogP contribution in [0.25, 0.3) is 28.0 Å². The SMILES string of the molecule is C[C@H](Nc1ncnc(N)c1-c1nnn(C)n1)c1cc2ccc(F)cc2c(=O)n1-c1cc(F)[nH]n1. The molecular formula is C20H17F2N11O. The lowest BCUT2D eigenvalue weighted by Gasteiger charge is -2.21. The topological polar surface area (TPSA) is 158 Å². The maximum atomic E-state index is 13.9. The van der Waals surface area contributed by atoms with Crippen LogP contribution in [0.1, 0.15) is 18.7 Å². The molecule has 1 aromatic carbocycles. The number of nitrogens with two attached hydrogens (primary N) is 1. The van der Waals surface area contributed by atoms with Crippen molar-refractivity contribution in [3.05, 3.63) is 64.5 Å². The van der Waals surface area contributed by atoms with E-state index in [2.05, 4.69) is 40.9 Å². The van der Waals surface area contributed by atoms with Crippen molar-refractivity contribution in [3.8, 4) is 17.2 Å². The molecule has 0 bridgehead atoms. The zero-order valence-corrected chi connectivity index (χ0v) is 17.9. The van der Waals surface area contributed by atoms with Gasteiger partial charge in [-0.25, -0.2) is 14.4 Å². The predicted octanol–water partition coefficient (Wildman–Crippen LogP) is 1.73. The molecule has 5 aromatic rings. The van der Waals surface area contributed by atoms with Gasteiger partial charge in [0.05, 0.1) is 24.2 Å². The molecule has 0 unspecified atom stereocenters. The van der Waals surface area contributed by atoms with Gasteiger partial charge in [0, 0.05) is 6.07 Å². The summed E-state index contributed by atoms with van der Waals surface area (Å²) in [5, 5.41) is 21.8. The number of benzene rings is 1. The van der Waals surface area contributed by atoms with Gasteiger partial charge < -0.3 is 11.1 Å². The Bertz CT molecular complexity index is 1590. The van der Waals surface area contributed by atoms with Crippen LogP contribution in [0.5, 0.6) is 0 Å². The van der Waals surface area contributed by atoms with Crippen molar-refractivity contribution < 1.29 is 8.78 Å². The first kappa shape index (κ1) is 21.1. The molecule has 4 aromatic heterocycles. The highest BCUT2D eigenvalue weighted by molar-refractivity contribution is 5.83. The number of aryl methyl sites for hydroxylation is 1. The molecule has 5 rings (SSSR count). The van der Waals surface area contributed by atoms with Gasteiger partial charge in [-0.1, -0.05) is 6.07 Å². The van der Waals surface area contributed by atoms with Crippen LogP contribution in [-0.4, -0.2) is 44.9 Å². The van der Waals surface area contributed by atoms with Crippen LogP contribution < -0.4 is 16.6 Å². The molecule has 0 aliphatic heterocycles. The monoisotopic (exact) mass is 465 g/mol. The third-order valence-corrected chi connectivity index (χ3v) is 5.18. The van der Waals surface area contributed by atoms with E-state index in [-0.39, 0.29) is 22.8 Å². The van der Waals surface area contributed by atoms with Crippen LogP contribution in [0.3, 0.4) is 0 Å². The van der Waals surface area contributed by atoms with Crippen LogP contribution in [0, 0.1) is 11.8 Å². The maximum absolute atomic E-state index is 13.9. The minimum absolute atomic E-state index is 0.00956. The van der Waals surface area contributed by atoms with E-state index in [1.807, 2.05) is 0 Å². The summed E-state index contributed by atoms with van der Waals surface area (Å²) in [4.78, 5) is 22.8. The lowest BCUT2D eigenvalue weighted by Crippen LogP contribution is -2.26. The van der Waals surface area contributed by atoms with Crippen molar-refractivity contribution in [2.75, 3.05) is 11.1 Å². The molecule has 14 heteroatoms. The average molecular weight is 465 g/mol. The van der Waals surface area contributed by atoms with Crippen LogP contribution in [0.2, 0.25) is 0 Å². The fourth-order valence-electron chi connectivity index (χ4n) is 3.65. The number of tetrazole rings is 1. The summed E-state index contributed by atoms with van der Waals surface area (Å²) >= 11 is 0. The number of nitrogens with zero attached hydrogens (tertiary/aromatic N) is 8. The van der Waals surface area contributed by atoms with Gasteiger partial charge in [-0.3, -0.25) is 14.5 Å². The minimum atomic E-state index is -0.729. The largest absolute Gasteiger partial charge is 0.383 e. The lowest BCUT2D eigenvalue weighted by molar-refractivity contribution is 0.579. The third-order valence-electron chi connectivity index (χ3n) is 5.18. The number of hydrogen-bond acceptors (Lipinski definition) is 9. The number of nitrogens with one attached hydrogen (secondary N) is 2. The van der Waals surface area contributed by atoms with Gasteiger partial charge in [-0.15, -0.1) is 10.2 Å². The number of aromatic nitrogens is 9. The molecule has 0 spiro atoms. The van der Waals surface area contributed by atoms with E-state index in [4.69, 9.17) is 5.73 Å². The predicted molar refractivity (Wildman–Crippen MR) is 118 cm³/mol. The Balaban J connectivity index is 1.66.